The smallest absolute Gasteiger partial charge is 0.144 e. The molecule has 0 aliphatic heterocycles. The Labute approximate surface area is 111 Å². The highest BCUT2D eigenvalue weighted by atomic mass is 16.4. The maximum absolute atomic E-state index is 8.69. The number of oxime groups is 1. The van der Waals surface area contributed by atoms with Gasteiger partial charge >= 0.3 is 0 Å². The van der Waals surface area contributed by atoms with Crippen LogP contribution in [0.2, 0.25) is 0 Å². The minimum absolute atomic E-state index is 0.211. The molecule has 0 aromatic heterocycles. The first kappa shape index (κ1) is 15.3. The molecule has 1 aliphatic rings. The van der Waals surface area contributed by atoms with E-state index in [4.69, 9.17) is 10.9 Å². The van der Waals surface area contributed by atoms with Crippen LogP contribution in [0.25, 0.3) is 0 Å². The van der Waals surface area contributed by atoms with Crippen molar-refractivity contribution in [2.75, 3.05) is 13.1 Å². The fraction of sp³-hybridized carbons (Fsp3) is 0.929. The predicted octanol–water partition coefficient (Wildman–Crippen LogP) is 2.56. The summed E-state index contributed by atoms with van der Waals surface area (Å²) in [5.74, 6) is 2.07. The predicted molar refractivity (Wildman–Crippen MR) is 75.8 cm³/mol. The number of nitrogens with one attached hydrogen (secondary N) is 1. The van der Waals surface area contributed by atoms with Gasteiger partial charge < -0.3 is 16.3 Å². The molecule has 4 N–H and O–H groups in total. The van der Waals surface area contributed by atoms with E-state index >= 15 is 0 Å². The third-order valence-corrected chi connectivity index (χ3v) is 4.40. The van der Waals surface area contributed by atoms with E-state index in [1.165, 1.54) is 19.3 Å². The first-order valence-electron chi connectivity index (χ1n) is 7.16. The van der Waals surface area contributed by atoms with E-state index in [0.717, 1.165) is 37.8 Å². The van der Waals surface area contributed by atoms with Gasteiger partial charge in [0.15, 0.2) is 0 Å². The van der Waals surface area contributed by atoms with Gasteiger partial charge in [0, 0.05) is 5.41 Å². The van der Waals surface area contributed by atoms with Gasteiger partial charge in [0.2, 0.25) is 0 Å². The molecule has 0 aromatic rings. The zero-order valence-corrected chi connectivity index (χ0v) is 12.1. The van der Waals surface area contributed by atoms with E-state index < -0.39 is 0 Å². The molecule has 0 radical (unpaired) electrons. The van der Waals surface area contributed by atoms with E-state index in [2.05, 4.69) is 17.4 Å². The first-order valence-corrected chi connectivity index (χ1v) is 7.16. The van der Waals surface area contributed by atoms with Crippen molar-refractivity contribution < 1.29 is 5.21 Å². The van der Waals surface area contributed by atoms with Gasteiger partial charge in [-0.25, -0.2) is 0 Å². The molecule has 4 heteroatoms. The lowest BCUT2D eigenvalue weighted by Crippen LogP contribution is -2.33. The van der Waals surface area contributed by atoms with Gasteiger partial charge in [0.1, 0.15) is 5.84 Å². The van der Waals surface area contributed by atoms with Crippen molar-refractivity contribution in [2.24, 2.45) is 28.1 Å². The van der Waals surface area contributed by atoms with E-state index in [1.807, 2.05) is 13.8 Å². The molecule has 1 rings (SSSR count). The Kier molecular flexibility index (Phi) is 5.93. The minimum Gasteiger partial charge on any atom is -0.409 e. The largest absolute Gasteiger partial charge is 0.409 e. The number of nitrogens with zero attached hydrogens (tertiary/aromatic N) is 1. The number of hydrogen-bond acceptors (Lipinski definition) is 3. The Morgan fingerprint density at radius 2 is 2.17 bits per heavy atom. The van der Waals surface area contributed by atoms with Crippen molar-refractivity contribution in [1.82, 2.24) is 5.32 Å². The van der Waals surface area contributed by atoms with Crippen molar-refractivity contribution in [1.29, 1.82) is 0 Å². The van der Waals surface area contributed by atoms with Crippen LogP contribution < -0.4 is 11.1 Å². The van der Waals surface area contributed by atoms with Crippen LogP contribution in [0.4, 0.5) is 0 Å². The van der Waals surface area contributed by atoms with Gasteiger partial charge in [0.05, 0.1) is 0 Å². The summed E-state index contributed by atoms with van der Waals surface area (Å²) in [7, 11) is 0. The van der Waals surface area contributed by atoms with Gasteiger partial charge in [0.25, 0.3) is 0 Å². The van der Waals surface area contributed by atoms with Crippen LogP contribution in [0.15, 0.2) is 5.16 Å². The molecule has 0 aromatic carbocycles. The minimum atomic E-state index is -0.211. The van der Waals surface area contributed by atoms with Crippen LogP contribution in [0.5, 0.6) is 0 Å². The van der Waals surface area contributed by atoms with Gasteiger partial charge in [-0.05, 0) is 44.2 Å². The normalized spacial score (nSPS) is 25.6. The highest BCUT2D eigenvalue weighted by Crippen LogP contribution is 2.30. The monoisotopic (exact) mass is 255 g/mol. The molecule has 1 fully saturated rings. The summed E-state index contributed by atoms with van der Waals surface area (Å²) in [6.07, 6.45) is 6.16. The third kappa shape index (κ3) is 4.48. The molecule has 4 nitrogen and oxygen atoms in total. The van der Waals surface area contributed by atoms with Gasteiger partial charge in [-0.15, -0.1) is 0 Å². The highest BCUT2D eigenvalue weighted by Gasteiger charge is 2.24. The zero-order valence-electron chi connectivity index (χ0n) is 12.1. The van der Waals surface area contributed by atoms with E-state index in [9.17, 15) is 0 Å². The lowest BCUT2D eigenvalue weighted by atomic mass is 9.86. The Hall–Kier alpha value is -0.770. The van der Waals surface area contributed by atoms with E-state index in [-0.39, 0.29) is 5.41 Å². The number of hydrogen-bond donors (Lipinski definition) is 3. The summed E-state index contributed by atoms with van der Waals surface area (Å²) in [5.41, 5.74) is 5.45. The fourth-order valence-corrected chi connectivity index (χ4v) is 2.73. The zero-order chi connectivity index (χ0) is 13.6. The van der Waals surface area contributed by atoms with Crippen LogP contribution in [0.3, 0.4) is 0 Å². The third-order valence-electron chi connectivity index (χ3n) is 4.40. The molecule has 2 unspecified atom stereocenters. The summed E-state index contributed by atoms with van der Waals surface area (Å²) in [6.45, 7) is 8.56. The van der Waals surface area contributed by atoms with Crippen LogP contribution in [-0.2, 0) is 0 Å². The maximum atomic E-state index is 8.69. The van der Waals surface area contributed by atoms with Gasteiger partial charge in [-0.2, -0.15) is 0 Å². The molecule has 0 bridgehead atoms. The molecular formula is C14H29N3O. The molecular weight excluding hydrogens is 226 g/mol. The van der Waals surface area contributed by atoms with E-state index in [1.54, 1.807) is 0 Å². The SMILES string of the molecule is CC1CCCC1CNCCCC(C)(C)C(N)=NO. The Bertz CT molecular complexity index is 276. The highest BCUT2D eigenvalue weighted by molar-refractivity contribution is 5.85. The second kappa shape index (κ2) is 6.98. The Balaban J connectivity index is 2.11. The van der Waals surface area contributed by atoms with Crippen molar-refractivity contribution in [3.63, 3.8) is 0 Å². The molecule has 1 aliphatic carbocycles. The van der Waals surface area contributed by atoms with Crippen LogP contribution in [0, 0.1) is 17.3 Å². The second-order valence-corrected chi connectivity index (χ2v) is 6.35. The van der Waals surface area contributed by atoms with E-state index in [0.29, 0.717) is 5.84 Å². The summed E-state index contributed by atoms with van der Waals surface area (Å²) >= 11 is 0. The van der Waals surface area contributed by atoms with Crippen molar-refractivity contribution in [2.45, 2.75) is 52.9 Å². The van der Waals surface area contributed by atoms with Gasteiger partial charge in [-0.1, -0.05) is 38.8 Å². The molecule has 106 valence electrons. The number of nitrogens with two attached hydrogens (primary N) is 1. The molecule has 18 heavy (non-hydrogen) atoms. The average molecular weight is 255 g/mol. The molecule has 0 spiro atoms. The quantitative estimate of drug-likeness (QED) is 0.215. The number of amidine groups is 1. The molecule has 0 amide bonds. The lowest BCUT2D eigenvalue weighted by molar-refractivity contribution is 0.304. The standard InChI is InChI=1S/C14H29N3O/c1-11-6-4-7-12(11)10-16-9-5-8-14(2,3)13(15)17-18/h11-12,16,18H,4-10H2,1-3H3,(H2,15,17). The molecule has 0 heterocycles. The molecule has 2 atom stereocenters. The van der Waals surface area contributed by atoms with Crippen molar-refractivity contribution in [3.05, 3.63) is 0 Å². The summed E-state index contributed by atoms with van der Waals surface area (Å²) < 4.78 is 0. The van der Waals surface area contributed by atoms with Crippen molar-refractivity contribution in [3.8, 4) is 0 Å². The van der Waals surface area contributed by atoms with Crippen LogP contribution >= 0.6 is 0 Å². The summed E-state index contributed by atoms with van der Waals surface area (Å²) in [4.78, 5) is 0. The molecule has 0 saturated heterocycles. The van der Waals surface area contributed by atoms with Crippen LogP contribution in [0.1, 0.15) is 52.9 Å². The maximum Gasteiger partial charge on any atom is 0.144 e. The van der Waals surface area contributed by atoms with Gasteiger partial charge in [-0.3, -0.25) is 0 Å². The Morgan fingerprint density at radius 3 is 2.72 bits per heavy atom. The summed E-state index contributed by atoms with van der Waals surface area (Å²) in [5, 5.41) is 15.3. The van der Waals surface area contributed by atoms with Crippen molar-refractivity contribution >= 4 is 5.84 Å². The van der Waals surface area contributed by atoms with Crippen LogP contribution in [-0.4, -0.2) is 24.1 Å². The lowest BCUT2D eigenvalue weighted by Gasteiger charge is -2.23. The number of rotatable bonds is 7. The Morgan fingerprint density at radius 1 is 1.44 bits per heavy atom. The second-order valence-electron chi connectivity index (χ2n) is 6.35. The average Bonchev–Trinajstić information content (AvgIpc) is 2.73. The summed E-state index contributed by atoms with van der Waals surface area (Å²) in [6, 6.07) is 0. The fourth-order valence-electron chi connectivity index (χ4n) is 2.73. The topological polar surface area (TPSA) is 70.6 Å². The molecule has 1 saturated carbocycles. The first-order chi connectivity index (χ1) is 8.47.